The molecular weight excluding hydrogens is 336 g/mol. The van der Waals surface area contributed by atoms with Crippen LogP contribution in [0.1, 0.15) is 39.7 Å². The van der Waals surface area contributed by atoms with Crippen LogP contribution < -0.4 is 21.0 Å². The first-order valence-electron chi connectivity index (χ1n) is 8.49. The van der Waals surface area contributed by atoms with Crippen LogP contribution in [0.3, 0.4) is 0 Å². The maximum Gasteiger partial charge on any atom is 0.336 e. The minimum absolute atomic E-state index is 0.331. The molecule has 0 aliphatic carbocycles. The number of hydrogen-bond donors (Lipinski definition) is 2. The summed E-state index contributed by atoms with van der Waals surface area (Å²) in [6, 6.07) is 5.97. The van der Waals surface area contributed by atoms with Crippen molar-refractivity contribution < 1.29 is 18.7 Å². The van der Waals surface area contributed by atoms with Crippen molar-refractivity contribution in [3.8, 4) is 5.75 Å². The lowest BCUT2D eigenvalue weighted by atomic mass is 10.1. The molecule has 2 rings (SSSR count). The Kier molecular flexibility index (Phi) is 6.02. The van der Waals surface area contributed by atoms with E-state index in [9.17, 15) is 14.4 Å². The van der Waals surface area contributed by atoms with Crippen molar-refractivity contribution in [3.63, 3.8) is 0 Å². The molecule has 1 heterocycles. The van der Waals surface area contributed by atoms with Gasteiger partial charge in [0.05, 0.1) is 0 Å². The number of rotatable bonds is 5. The van der Waals surface area contributed by atoms with Gasteiger partial charge in [-0.3, -0.25) is 10.1 Å². The van der Waals surface area contributed by atoms with Crippen LogP contribution in [0, 0.1) is 0 Å². The third kappa shape index (κ3) is 5.61. The maximum absolute atomic E-state index is 11.8. The molecule has 0 bridgehead atoms. The molecule has 0 unspecified atom stereocenters. The number of urea groups is 1. The van der Waals surface area contributed by atoms with E-state index in [1.807, 2.05) is 27.7 Å². The average Bonchev–Trinajstić information content (AvgIpc) is 2.50. The molecule has 0 fully saturated rings. The number of fused-ring (bicyclic) bond motifs is 1. The molecule has 0 aliphatic rings. The van der Waals surface area contributed by atoms with Crippen LogP contribution in [0.2, 0.25) is 0 Å². The first-order chi connectivity index (χ1) is 12.2. The van der Waals surface area contributed by atoms with Gasteiger partial charge in [-0.2, -0.15) is 0 Å². The van der Waals surface area contributed by atoms with Crippen LogP contribution in [0.5, 0.6) is 5.75 Å². The molecule has 2 N–H and O–H groups in total. The van der Waals surface area contributed by atoms with Crippen molar-refractivity contribution >= 4 is 22.9 Å². The van der Waals surface area contributed by atoms with Crippen LogP contribution in [0.25, 0.3) is 11.0 Å². The van der Waals surface area contributed by atoms with Crippen LogP contribution in [0.4, 0.5) is 4.79 Å². The fraction of sp³-hybridized carbons (Fsp3) is 0.421. The standard InChI is InChI=1S/C19H24N2O5/c1-5-6-12-9-17(23)26-15-10-13(7-8-14(12)15)25-11-16(22)20-18(24)21-19(2,3)4/h7-10H,5-6,11H2,1-4H3,(H2,20,21,22,24). The summed E-state index contributed by atoms with van der Waals surface area (Å²) in [7, 11) is 0. The Bertz CT molecular complexity index is 864. The van der Waals surface area contributed by atoms with E-state index in [1.165, 1.54) is 6.07 Å². The van der Waals surface area contributed by atoms with Crippen LogP contribution in [0.15, 0.2) is 33.5 Å². The van der Waals surface area contributed by atoms with E-state index in [0.717, 1.165) is 23.8 Å². The van der Waals surface area contributed by atoms with Gasteiger partial charge in [0.1, 0.15) is 11.3 Å². The summed E-state index contributed by atoms with van der Waals surface area (Å²) in [4.78, 5) is 35.1. The lowest BCUT2D eigenvalue weighted by Gasteiger charge is -2.20. The summed E-state index contributed by atoms with van der Waals surface area (Å²) < 4.78 is 10.6. The van der Waals surface area contributed by atoms with E-state index in [-0.39, 0.29) is 6.61 Å². The molecule has 0 saturated carbocycles. The highest BCUT2D eigenvalue weighted by Crippen LogP contribution is 2.23. The molecule has 1 aromatic heterocycles. The Hall–Kier alpha value is -2.83. The number of carbonyl (C=O) groups excluding carboxylic acids is 2. The SMILES string of the molecule is CCCc1cc(=O)oc2cc(OCC(=O)NC(=O)NC(C)(C)C)ccc12. The fourth-order valence-electron chi connectivity index (χ4n) is 2.46. The van der Waals surface area contributed by atoms with Gasteiger partial charge in [0.2, 0.25) is 0 Å². The molecule has 0 spiro atoms. The molecule has 0 saturated heterocycles. The summed E-state index contributed by atoms with van der Waals surface area (Å²) in [5.41, 5.74) is 0.457. The van der Waals surface area contributed by atoms with E-state index in [2.05, 4.69) is 10.6 Å². The van der Waals surface area contributed by atoms with Crippen molar-refractivity contribution in [1.82, 2.24) is 10.6 Å². The number of imide groups is 1. The molecule has 0 atom stereocenters. The first kappa shape index (κ1) is 19.5. The van der Waals surface area contributed by atoms with E-state index >= 15 is 0 Å². The number of carbonyl (C=O) groups is 2. The minimum Gasteiger partial charge on any atom is -0.484 e. The second-order valence-electron chi connectivity index (χ2n) is 7.04. The van der Waals surface area contributed by atoms with Crippen molar-refractivity contribution in [3.05, 3.63) is 40.2 Å². The monoisotopic (exact) mass is 360 g/mol. The number of amides is 3. The summed E-state index contributed by atoms with van der Waals surface area (Å²) in [6.45, 7) is 7.13. The van der Waals surface area contributed by atoms with Gasteiger partial charge in [-0.05, 0) is 44.9 Å². The molecule has 0 radical (unpaired) electrons. The number of hydrogen-bond acceptors (Lipinski definition) is 5. The topological polar surface area (TPSA) is 97.6 Å². The number of nitrogens with one attached hydrogen (secondary N) is 2. The molecule has 140 valence electrons. The van der Waals surface area contributed by atoms with E-state index in [1.54, 1.807) is 18.2 Å². The zero-order chi connectivity index (χ0) is 19.3. The third-order valence-corrected chi connectivity index (χ3v) is 3.43. The number of benzene rings is 1. The van der Waals surface area contributed by atoms with Crippen molar-refractivity contribution in [2.75, 3.05) is 6.61 Å². The summed E-state index contributed by atoms with van der Waals surface area (Å²) in [5.74, 6) is -0.200. The predicted molar refractivity (Wildman–Crippen MR) is 98.4 cm³/mol. The Balaban J connectivity index is 2.04. The van der Waals surface area contributed by atoms with Gasteiger partial charge < -0.3 is 14.5 Å². The Morgan fingerprint density at radius 2 is 1.92 bits per heavy atom. The van der Waals surface area contributed by atoms with Gasteiger partial charge >= 0.3 is 11.7 Å². The Morgan fingerprint density at radius 1 is 1.19 bits per heavy atom. The van der Waals surface area contributed by atoms with E-state index < -0.39 is 23.1 Å². The largest absolute Gasteiger partial charge is 0.484 e. The quantitative estimate of drug-likeness (QED) is 0.799. The highest BCUT2D eigenvalue weighted by molar-refractivity contribution is 5.95. The molecular formula is C19H24N2O5. The van der Waals surface area contributed by atoms with Gasteiger partial charge in [-0.1, -0.05) is 13.3 Å². The molecule has 0 aliphatic heterocycles. The average molecular weight is 360 g/mol. The van der Waals surface area contributed by atoms with Crippen molar-refractivity contribution in [1.29, 1.82) is 0 Å². The zero-order valence-electron chi connectivity index (χ0n) is 15.5. The smallest absolute Gasteiger partial charge is 0.336 e. The van der Waals surface area contributed by atoms with Crippen LogP contribution in [-0.4, -0.2) is 24.1 Å². The van der Waals surface area contributed by atoms with Crippen LogP contribution in [-0.2, 0) is 11.2 Å². The van der Waals surface area contributed by atoms with E-state index in [4.69, 9.17) is 9.15 Å². The Labute approximate surface area is 151 Å². The van der Waals surface area contributed by atoms with Crippen LogP contribution >= 0.6 is 0 Å². The second-order valence-corrected chi connectivity index (χ2v) is 7.04. The fourth-order valence-corrected chi connectivity index (χ4v) is 2.46. The highest BCUT2D eigenvalue weighted by atomic mass is 16.5. The van der Waals surface area contributed by atoms with E-state index in [0.29, 0.717) is 11.3 Å². The summed E-state index contributed by atoms with van der Waals surface area (Å²) in [5, 5.41) is 5.65. The molecule has 2 aromatic rings. The summed E-state index contributed by atoms with van der Waals surface area (Å²) in [6.07, 6.45) is 1.68. The zero-order valence-corrected chi connectivity index (χ0v) is 15.5. The molecule has 7 nitrogen and oxygen atoms in total. The minimum atomic E-state index is -0.584. The lowest BCUT2D eigenvalue weighted by Crippen LogP contribution is -2.49. The Morgan fingerprint density at radius 3 is 2.58 bits per heavy atom. The highest BCUT2D eigenvalue weighted by Gasteiger charge is 2.16. The molecule has 7 heteroatoms. The maximum atomic E-state index is 11.8. The lowest BCUT2D eigenvalue weighted by molar-refractivity contribution is -0.122. The third-order valence-electron chi connectivity index (χ3n) is 3.43. The number of aryl methyl sites for hydroxylation is 1. The normalized spacial score (nSPS) is 11.2. The summed E-state index contributed by atoms with van der Waals surface area (Å²) >= 11 is 0. The van der Waals surface area contributed by atoms with Crippen molar-refractivity contribution in [2.45, 2.75) is 46.1 Å². The van der Waals surface area contributed by atoms with Gasteiger partial charge in [-0.25, -0.2) is 9.59 Å². The molecule has 3 amide bonds. The second kappa shape index (κ2) is 8.03. The predicted octanol–water partition coefficient (Wildman–Crippen LogP) is 2.75. The molecule has 26 heavy (non-hydrogen) atoms. The van der Waals surface area contributed by atoms with Gasteiger partial charge in [-0.15, -0.1) is 0 Å². The first-order valence-corrected chi connectivity index (χ1v) is 8.49. The number of ether oxygens (including phenoxy) is 1. The van der Waals surface area contributed by atoms with Gasteiger partial charge in [0.25, 0.3) is 5.91 Å². The van der Waals surface area contributed by atoms with Crippen molar-refractivity contribution in [2.24, 2.45) is 0 Å². The van der Waals surface area contributed by atoms with Gasteiger partial charge in [0, 0.05) is 23.1 Å². The van der Waals surface area contributed by atoms with Gasteiger partial charge in [0.15, 0.2) is 6.61 Å². The molecule has 1 aromatic carbocycles.